The monoisotopic (exact) mass is 792 g/mol. The first kappa shape index (κ1) is 53.8. The molecule has 0 saturated heterocycles. The molecule has 0 aliphatic carbocycles. The number of ether oxygens (including phenoxy) is 1. The second-order valence-electron chi connectivity index (χ2n) is 15.2. The molecule has 3 N–H and O–H groups in total. The van der Waals surface area contributed by atoms with Gasteiger partial charge in [-0.05, 0) is 57.4 Å². The molecule has 1 amide bonds. The van der Waals surface area contributed by atoms with E-state index in [1.165, 1.54) is 83.5 Å². The summed E-state index contributed by atoms with van der Waals surface area (Å²) in [5.74, 6) is -0.666. The molecule has 0 fully saturated rings. The van der Waals surface area contributed by atoms with Gasteiger partial charge in [0.15, 0.2) is 0 Å². The number of aliphatic hydroxyl groups is 2. The second kappa shape index (κ2) is 43.9. The predicted molar refractivity (Wildman–Crippen MR) is 245 cm³/mol. The van der Waals surface area contributed by atoms with E-state index in [1.54, 1.807) is 6.08 Å². The number of carbonyl (C=O) groups excluding carboxylic acids is 2. The van der Waals surface area contributed by atoms with Crippen LogP contribution in [0.1, 0.15) is 188 Å². The Kier molecular flexibility index (Phi) is 41.4. The molecule has 0 aromatic heterocycles. The van der Waals surface area contributed by atoms with Crippen LogP contribution in [0.2, 0.25) is 0 Å². The maximum absolute atomic E-state index is 13.1. The van der Waals surface area contributed by atoms with E-state index in [-0.39, 0.29) is 24.9 Å². The molecule has 0 spiro atoms. The highest BCUT2D eigenvalue weighted by Gasteiger charge is 2.23. The number of hydrogen-bond acceptors (Lipinski definition) is 5. The van der Waals surface area contributed by atoms with Crippen LogP contribution in [-0.2, 0) is 14.3 Å². The third kappa shape index (κ3) is 39.4. The topological polar surface area (TPSA) is 95.9 Å². The minimum absolute atomic E-state index is 0.0529. The van der Waals surface area contributed by atoms with Gasteiger partial charge in [-0.2, -0.15) is 0 Å². The lowest BCUT2D eigenvalue weighted by Crippen LogP contribution is -2.46. The Balaban J connectivity index is 4.78. The molecule has 0 heterocycles. The van der Waals surface area contributed by atoms with Crippen molar-refractivity contribution in [3.05, 3.63) is 97.2 Å². The smallest absolute Gasteiger partial charge is 0.306 e. The summed E-state index contributed by atoms with van der Waals surface area (Å²) < 4.78 is 5.78. The molecule has 0 saturated carbocycles. The van der Waals surface area contributed by atoms with Gasteiger partial charge in [0.05, 0.1) is 25.2 Å². The van der Waals surface area contributed by atoms with E-state index in [0.29, 0.717) is 19.3 Å². The van der Waals surface area contributed by atoms with E-state index < -0.39 is 18.2 Å². The van der Waals surface area contributed by atoms with Crippen LogP contribution in [0.15, 0.2) is 97.2 Å². The third-order valence-corrected chi connectivity index (χ3v) is 9.80. The van der Waals surface area contributed by atoms with Crippen molar-refractivity contribution in [1.82, 2.24) is 5.32 Å². The van der Waals surface area contributed by atoms with Crippen LogP contribution in [0.4, 0.5) is 0 Å². The van der Waals surface area contributed by atoms with Crippen molar-refractivity contribution in [2.75, 3.05) is 6.61 Å². The fraction of sp³-hybridized carbons (Fsp3) is 0.647. The van der Waals surface area contributed by atoms with Gasteiger partial charge in [-0.25, -0.2) is 0 Å². The van der Waals surface area contributed by atoms with Gasteiger partial charge in [0.2, 0.25) is 5.91 Å². The van der Waals surface area contributed by atoms with Gasteiger partial charge in [-0.3, -0.25) is 9.59 Å². The van der Waals surface area contributed by atoms with E-state index >= 15 is 0 Å². The Hall–Kier alpha value is -3.22. The quantitative estimate of drug-likeness (QED) is 0.0249. The number of amides is 1. The van der Waals surface area contributed by atoms with Gasteiger partial charge >= 0.3 is 5.97 Å². The largest absolute Gasteiger partial charge is 0.458 e. The van der Waals surface area contributed by atoms with Gasteiger partial charge in [0.1, 0.15) is 6.10 Å². The van der Waals surface area contributed by atoms with Gasteiger partial charge in [-0.15, -0.1) is 0 Å². The standard InChI is InChI=1S/C51H85NO5/c1-4-7-10-13-16-19-22-23-24-25-26-27-29-32-35-38-41-44-51(56)57-47(42-39-36-33-30-28-20-17-14-11-8-5-2)45-50(55)52-48(46-53)49(54)43-40-37-34-31-21-18-15-12-9-6-3/h7,10,13,16,19,22-27,29-30,33,39,42,47-49,53-54H,4-6,8-9,11-12,14-15,17-18,20-21,28,31-32,34-38,40-41,43-46H2,1-3H3,(H,52,55)/b10-7-,16-13+,22-19+,24-23-,26-25+,29-27+,33-30-,42-39+. The van der Waals surface area contributed by atoms with Crippen molar-refractivity contribution >= 4 is 11.9 Å². The van der Waals surface area contributed by atoms with Crippen LogP contribution in [0.3, 0.4) is 0 Å². The van der Waals surface area contributed by atoms with E-state index in [0.717, 1.165) is 57.8 Å². The predicted octanol–water partition coefficient (Wildman–Crippen LogP) is 13.4. The van der Waals surface area contributed by atoms with Crippen molar-refractivity contribution in [2.45, 2.75) is 206 Å². The number of rotatable bonds is 39. The van der Waals surface area contributed by atoms with Crippen molar-refractivity contribution < 1.29 is 24.5 Å². The summed E-state index contributed by atoms with van der Waals surface area (Å²) in [4.78, 5) is 25.9. The molecule has 0 radical (unpaired) electrons. The number of unbranched alkanes of at least 4 members (excludes halogenated alkanes) is 18. The average Bonchev–Trinajstić information content (AvgIpc) is 3.20. The van der Waals surface area contributed by atoms with Crippen molar-refractivity contribution in [1.29, 1.82) is 0 Å². The Morgan fingerprint density at radius 3 is 1.61 bits per heavy atom. The first-order valence-corrected chi connectivity index (χ1v) is 23.1. The third-order valence-electron chi connectivity index (χ3n) is 9.80. The Labute approximate surface area is 350 Å². The molecule has 0 aliphatic heterocycles. The van der Waals surface area contributed by atoms with Crippen molar-refractivity contribution in [2.24, 2.45) is 0 Å². The number of nitrogens with one attached hydrogen (secondary N) is 1. The Morgan fingerprint density at radius 1 is 0.561 bits per heavy atom. The van der Waals surface area contributed by atoms with Crippen molar-refractivity contribution in [3.63, 3.8) is 0 Å². The molecular formula is C51H85NO5. The highest BCUT2D eigenvalue weighted by Crippen LogP contribution is 2.14. The van der Waals surface area contributed by atoms with Gasteiger partial charge in [0, 0.05) is 6.42 Å². The molecule has 3 atom stereocenters. The van der Waals surface area contributed by atoms with Crippen LogP contribution in [-0.4, -0.2) is 46.9 Å². The zero-order chi connectivity index (χ0) is 41.7. The minimum Gasteiger partial charge on any atom is -0.458 e. The van der Waals surface area contributed by atoms with Gasteiger partial charge < -0.3 is 20.3 Å². The van der Waals surface area contributed by atoms with Crippen LogP contribution in [0.25, 0.3) is 0 Å². The van der Waals surface area contributed by atoms with E-state index in [1.807, 2.05) is 66.8 Å². The fourth-order valence-corrected chi connectivity index (χ4v) is 6.31. The van der Waals surface area contributed by atoms with E-state index in [4.69, 9.17) is 4.74 Å². The second-order valence-corrected chi connectivity index (χ2v) is 15.2. The van der Waals surface area contributed by atoms with Crippen LogP contribution in [0.5, 0.6) is 0 Å². The summed E-state index contributed by atoms with van der Waals surface area (Å²) in [6.45, 7) is 6.25. The minimum atomic E-state index is -0.822. The number of allylic oxidation sites excluding steroid dienone is 15. The SMILES string of the molecule is CC\C=C/C=C/C=C/C=C\C=C\C=C\CCCCCC(=O)OC(/C=C/C/C=C\CCCCCCCC)CC(=O)NC(CO)C(O)CCCCCCCCCCCC. The lowest BCUT2D eigenvalue weighted by Gasteiger charge is -2.23. The van der Waals surface area contributed by atoms with Crippen LogP contribution >= 0.6 is 0 Å². The molecule has 0 aromatic carbocycles. The summed E-state index contributed by atoms with van der Waals surface area (Å²) in [7, 11) is 0. The molecule has 0 bridgehead atoms. The fourth-order valence-electron chi connectivity index (χ4n) is 6.31. The Morgan fingerprint density at radius 2 is 1.05 bits per heavy atom. The number of hydrogen-bond donors (Lipinski definition) is 3. The molecule has 0 aliphatic rings. The molecule has 6 heteroatoms. The molecule has 324 valence electrons. The molecular weight excluding hydrogens is 707 g/mol. The summed E-state index contributed by atoms with van der Waals surface area (Å²) in [5.41, 5.74) is 0. The normalized spacial score (nSPS) is 14.3. The highest BCUT2D eigenvalue weighted by molar-refractivity contribution is 5.78. The Bertz CT molecular complexity index is 1160. The highest BCUT2D eigenvalue weighted by atomic mass is 16.5. The number of aliphatic hydroxyl groups excluding tert-OH is 2. The maximum Gasteiger partial charge on any atom is 0.306 e. The van der Waals surface area contributed by atoms with Gasteiger partial charge in [-0.1, -0.05) is 215 Å². The summed E-state index contributed by atoms with van der Waals surface area (Å²) >= 11 is 0. The number of esters is 1. The summed E-state index contributed by atoms with van der Waals surface area (Å²) in [6, 6.07) is -0.745. The van der Waals surface area contributed by atoms with Crippen LogP contribution < -0.4 is 5.32 Å². The molecule has 6 nitrogen and oxygen atoms in total. The first-order valence-electron chi connectivity index (χ1n) is 23.1. The van der Waals surface area contributed by atoms with Crippen LogP contribution in [0, 0.1) is 0 Å². The zero-order valence-electron chi connectivity index (χ0n) is 36.7. The first-order chi connectivity index (χ1) is 28.0. The van der Waals surface area contributed by atoms with E-state index in [2.05, 4.69) is 50.4 Å². The van der Waals surface area contributed by atoms with Gasteiger partial charge in [0.25, 0.3) is 0 Å². The van der Waals surface area contributed by atoms with E-state index in [9.17, 15) is 19.8 Å². The maximum atomic E-state index is 13.1. The van der Waals surface area contributed by atoms with Crippen molar-refractivity contribution in [3.8, 4) is 0 Å². The molecule has 57 heavy (non-hydrogen) atoms. The average molecular weight is 792 g/mol. The molecule has 3 unspecified atom stereocenters. The summed E-state index contributed by atoms with van der Waals surface area (Å²) in [6.07, 6.45) is 57.8. The lowest BCUT2D eigenvalue weighted by molar-refractivity contribution is -0.148. The molecule has 0 aromatic rings. The lowest BCUT2D eigenvalue weighted by atomic mass is 10.0. The molecule has 0 rings (SSSR count). The summed E-state index contributed by atoms with van der Waals surface area (Å²) in [5, 5.41) is 23.5. The zero-order valence-corrected chi connectivity index (χ0v) is 36.7. The number of carbonyl (C=O) groups is 2.